The number of carbonyl (C=O) groups excluding carboxylic acids is 1. The maximum Gasteiger partial charge on any atom is 0.266 e. The van der Waals surface area contributed by atoms with Gasteiger partial charge in [-0.05, 0) is 71.2 Å². The Kier molecular flexibility index (Phi) is 6.16. The molecule has 0 spiro atoms. The van der Waals surface area contributed by atoms with Crippen molar-refractivity contribution in [3.05, 3.63) is 63.6 Å². The topological polar surface area (TPSA) is 62.1 Å². The maximum absolute atomic E-state index is 12.3. The number of hydrogen-bond acceptors (Lipinski definition) is 3. The zero-order chi connectivity index (χ0) is 17.5. The highest BCUT2D eigenvalue weighted by molar-refractivity contribution is 9.10. The van der Waals surface area contributed by atoms with Crippen molar-refractivity contribution >= 4 is 33.6 Å². The Morgan fingerprint density at radius 3 is 2.58 bits per heavy atom. The minimum atomic E-state index is -0.448. The van der Waals surface area contributed by atoms with Gasteiger partial charge >= 0.3 is 0 Å². The van der Waals surface area contributed by atoms with Crippen LogP contribution in [0.2, 0.25) is 0 Å². The van der Waals surface area contributed by atoms with Gasteiger partial charge in [0.25, 0.3) is 5.91 Å². The Hall–Kier alpha value is -2.58. The van der Waals surface area contributed by atoms with Gasteiger partial charge in [0.2, 0.25) is 0 Å². The molecule has 0 aliphatic heterocycles. The number of amides is 1. The number of benzene rings is 2. The molecule has 122 valence electrons. The van der Waals surface area contributed by atoms with Crippen LogP contribution < -0.4 is 10.1 Å². The van der Waals surface area contributed by atoms with Crippen LogP contribution in [0.1, 0.15) is 18.1 Å². The molecule has 5 heteroatoms. The summed E-state index contributed by atoms with van der Waals surface area (Å²) in [5.74, 6) is 0.303. The van der Waals surface area contributed by atoms with Gasteiger partial charge in [-0.25, -0.2) is 0 Å². The number of hydrogen-bond donors (Lipinski definition) is 1. The Morgan fingerprint density at radius 2 is 2.00 bits per heavy atom. The number of halogens is 1. The van der Waals surface area contributed by atoms with E-state index in [1.54, 1.807) is 36.4 Å². The SMILES string of the molecule is CCOc1ccc(/C=C(\C#N)C(=O)Nc2ccc(C)cc2Br)cc1. The molecule has 0 aromatic heterocycles. The smallest absolute Gasteiger partial charge is 0.266 e. The summed E-state index contributed by atoms with van der Waals surface area (Å²) in [7, 11) is 0. The molecule has 2 aromatic carbocycles. The Balaban J connectivity index is 2.17. The van der Waals surface area contributed by atoms with Crippen LogP contribution in [0.4, 0.5) is 5.69 Å². The van der Waals surface area contributed by atoms with E-state index in [0.29, 0.717) is 12.3 Å². The highest BCUT2D eigenvalue weighted by Crippen LogP contribution is 2.24. The molecule has 0 unspecified atom stereocenters. The summed E-state index contributed by atoms with van der Waals surface area (Å²) in [6.45, 7) is 4.46. The fourth-order valence-corrected chi connectivity index (χ4v) is 2.65. The van der Waals surface area contributed by atoms with Crippen LogP contribution >= 0.6 is 15.9 Å². The van der Waals surface area contributed by atoms with Gasteiger partial charge in [0.15, 0.2) is 0 Å². The first-order valence-corrected chi connectivity index (χ1v) is 8.25. The quantitative estimate of drug-likeness (QED) is 0.599. The lowest BCUT2D eigenvalue weighted by Crippen LogP contribution is -2.13. The lowest BCUT2D eigenvalue weighted by Gasteiger charge is -2.07. The van der Waals surface area contributed by atoms with Crippen LogP contribution in [0.3, 0.4) is 0 Å². The maximum atomic E-state index is 12.3. The third kappa shape index (κ3) is 4.71. The van der Waals surface area contributed by atoms with Gasteiger partial charge in [-0.3, -0.25) is 4.79 Å². The van der Waals surface area contributed by atoms with Crippen LogP contribution in [-0.2, 0) is 4.79 Å². The van der Waals surface area contributed by atoms with E-state index in [1.165, 1.54) is 0 Å². The molecular formula is C19H17BrN2O2. The van der Waals surface area contributed by atoms with E-state index < -0.39 is 5.91 Å². The van der Waals surface area contributed by atoms with Gasteiger partial charge < -0.3 is 10.1 Å². The molecule has 1 amide bonds. The molecular weight excluding hydrogens is 368 g/mol. The van der Waals surface area contributed by atoms with Gasteiger partial charge in [-0.2, -0.15) is 5.26 Å². The van der Waals surface area contributed by atoms with Gasteiger partial charge in [-0.15, -0.1) is 0 Å². The predicted octanol–water partition coefficient (Wildman–Crippen LogP) is 4.70. The molecule has 0 bridgehead atoms. The summed E-state index contributed by atoms with van der Waals surface area (Å²) in [6, 6.07) is 14.7. The first-order valence-electron chi connectivity index (χ1n) is 7.45. The average Bonchev–Trinajstić information content (AvgIpc) is 2.57. The molecule has 2 rings (SSSR count). The van der Waals surface area contributed by atoms with E-state index in [0.717, 1.165) is 21.3 Å². The van der Waals surface area contributed by atoms with Gasteiger partial charge in [0, 0.05) is 4.47 Å². The van der Waals surface area contributed by atoms with Gasteiger partial charge in [0.05, 0.1) is 12.3 Å². The Labute approximate surface area is 149 Å². The average molecular weight is 385 g/mol. The van der Waals surface area contributed by atoms with Crippen molar-refractivity contribution in [2.75, 3.05) is 11.9 Å². The fourth-order valence-electron chi connectivity index (χ4n) is 2.05. The molecule has 2 aromatic rings. The number of nitriles is 1. The fraction of sp³-hybridized carbons (Fsp3) is 0.158. The second kappa shape index (κ2) is 8.32. The van der Waals surface area contributed by atoms with Crippen LogP contribution in [0.25, 0.3) is 6.08 Å². The summed E-state index contributed by atoms with van der Waals surface area (Å²) in [4.78, 5) is 12.3. The molecule has 0 fully saturated rings. The second-order valence-electron chi connectivity index (χ2n) is 5.11. The third-order valence-corrected chi connectivity index (χ3v) is 3.90. The molecule has 0 aliphatic rings. The van der Waals surface area contributed by atoms with Crippen LogP contribution in [-0.4, -0.2) is 12.5 Å². The number of nitrogens with zero attached hydrogens (tertiary/aromatic N) is 1. The third-order valence-electron chi connectivity index (χ3n) is 3.24. The van der Waals surface area contributed by atoms with Crippen molar-refractivity contribution in [1.29, 1.82) is 5.26 Å². The monoisotopic (exact) mass is 384 g/mol. The highest BCUT2D eigenvalue weighted by Gasteiger charge is 2.11. The van der Waals surface area contributed by atoms with Crippen molar-refractivity contribution in [3.8, 4) is 11.8 Å². The first kappa shape index (κ1) is 17.8. The first-order chi connectivity index (χ1) is 11.5. The number of nitrogens with one attached hydrogen (secondary N) is 1. The van der Waals surface area contributed by atoms with E-state index in [4.69, 9.17) is 4.74 Å². The number of rotatable bonds is 5. The van der Waals surface area contributed by atoms with E-state index in [2.05, 4.69) is 21.2 Å². The number of ether oxygens (including phenoxy) is 1. The second-order valence-corrected chi connectivity index (χ2v) is 5.96. The van der Waals surface area contributed by atoms with Gasteiger partial charge in [0.1, 0.15) is 17.4 Å². The van der Waals surface area contributed by atoms with E-state index in [9.17, 15) is 10.1 Å². The highest BCUT2D eigenvalue weighted by atomic mass is 79.9. The van der Waals surface area contributed by atoms with Crippen molar-refractivity contribution in [3.63, 3.8) is 0 Å². The minimum Gasteiger partial charge on any atom is -0.494 e. The summed E-state index contributed by atoms with van der Waals surface area (Å²) < 4.78 is 6.14. The van der Waals surface area contributed by atoms with Crippen LogP contribution in [0.5, 0.6) is 5.75 Å². The number of carbonyl (C=O) groups is 1. The van der Waals surface area contributed by atoms with Crippen molar-refractivity contribution in [2.45, 2.75) is 13.8 Å². The van der Waals surface area contributed by atoms with Crippen molar-refractivity contribution in [1.82, 2.24) is 0 Å². The van der Waals surface area contributed by atoms with Crippen molar-refractivity contribution in [2.24, 2.45) is 0 Å². The standard InChI is InChI=1S/C19H17BrN2O2/c1-3-24-16-7-5-14(6-8-16)11-15(12-21)19(23)22-18-9-4-13(2)10-17(18)20/h4-11H,3H2,1-2H3,(H,22,23)/b15-11+. The molecule has 4 nitrogen and oxygen atoms in total. The minimum absolute atomic E-state index is 0.0339. The molecule has 0 radical (unpaired) electrons. The predicted molar refractivity (Wildman–Crippen MR) is 98.7 cm³/mol. The van der Waals surface area contributed by atoms with Gasteiger partial charge in [-0.1, -0.05) is 18.2 Å². The molecule has 0 saturated heterocycles. The summed E-state index contributed by atoms with van der Waals surface area (Å²) in [5.41, 5.74) is 2.49. The zero-order valence-electron chi connectivity index (χ0n) is 13.5. The molecule has 0 saturated carbocycles. The Morgan fingerprint density at radius 1 is 1.29 bits per heavy atom. The lowest BCUT2D eigenvalue weighted by molar-refractivity contribution is -0.112. The molecule has 0 aliphatic carbocycles. The number of anilines is 1. The number of aryl methyl sites for hydroxylation is 1. The van der Waals surface area contributed by atoms with E-state index in [1.807, 2.05) is 32.0 Å². The zero-order valence-corrected chi connectivity index (χ0v) is 15.1. The normalized spacial score (nSPS) is 10.8. The van der Waals surface area contributed by atoms with E-state index >= 15 is 0 Å². The lowest BCUT2D eigenvalue weighted by atomic mass is 10.1. The van der Waals surface area contributed by atoms with E-state index in [-0.39, 0.29) is 5.57 Å². The summed E-state index contributed by atoms with van der Waals surface area (Å²) in [6.07, 6.45) is 1.55. The molecule has 0 heterocycles. The molecule has 0 atom stereocenters. The summed E-state index contributed by atoms with van der Waals surface area (Å²) in [5, 5.41) is 12.0. The summed E-state index contributed by atoms with van der Waals surface area (Å²) >= 11 is 3.41. The van der Waals surface area contributed by atoms with Crippen molar-refractivity contribution < 1.29 is 9.53 Å². The Bertz CT molecular complexity index is 805. The molecule has 24 heavy (non-hydrogen) atoms. The van der Waals surface area contributed by atoms with Crippen LogP contribution in [0.15, 0.2) is 52.5 Å². The largest absolute Gasteiger partial charge is 0.494 e. The van der Waals surface area contributed by atoms with Crippen LogP contribution in [0, 0.1) is 18.3 Å². The molecule has 1 N–H and O–H groups in total.